The van der Waals surface area contributed by atoms with E-state index in [2.05, 4.69) is 40.9 Å². The van der Waals surface area contributed by atoms with Crippen LogP contribution in [0.15, 0.2) is 77.9 Å². The Hall–Kier alpha value is -3.17. The molecule has 0 aliphatic rings. The molecule has 1 N–H and O–H groups in total. The Morgan fingerprint density at radius 1 is 0.926 bits per heavy atom. The lowest BCUT2D eigenvalue weighted by molar-refractivity contribution is 0.0955. The van der Waals surface area contributed by atoms with Crippen molar-refractivity contribution in [3.63, 3.8) is 0 Å². The van der Waals surface area contributed by atoms with Gasteiger partial charge < -0.3 is 0 Å². The van der Waals surface area contributed by atoms with Crippen LogP contribution in [0.4, 0.5) is 0 Å². The number of amides is 1. The number of rotatable bonds is 3. The number of aryl methyl sites for hydroxylation is 1. The highest BCUT2D eigenvalue weighted by Crippen LogP contribution is 2.27. The van der Waals surface area contributed by atoms with Crippen LogP contribution in [-0.4, -0.2) is 12.1 Å². The second-order valence-electron chi connectivity index (χ2n) is 6.41. The molecule has 4 rings (SSSR count). The number of hydrogen-bond acceptors (Lipinski definition) is 2. The average Bonchev–Trinajstić information content (AvgIpc) is 2.67. The van der Waals surface area contributed by atoms with Crippen molar-refractivity contribution >= 4 is 45.3 Å². The lowest BCUT2D eigenvalue weighted by Crippen LogP contribution is -2.18. The number of nitrogens with zero attached hydrogens (tertiary/aromatic N) is 1. The molecule has 27 heavy (non-hydrogen) atoms. The van der Waals surface area contributed by atoms with Gasteiger partial charge in [-0.15, -0.1) is 0 Å². The molecule has 3 nitrogen and oxygen atoms in total. The molecule has 0 unspecified atom stereocenters. The summed E-state index contributed by atoms with van der Waals surface area (Å²) >= 11 is 6.16. The Morgan fingerprint density at radius 3 is 2.19 bits per heavy atom. The molecule has 0 heterocycles. The molecule has 0 radical (unpaired) electrons. The quantitative estimate of drug-likeness (QED) is 0.279. The number of fused-ring (bicyclic) bond motifs is 2. The number of hydrazone groups is 1. The van der Waals surface area contributed by atoms with Crippen LogP contribution < -0.4 is 5.43 Å². The van der Waals surface area contributed by atoms with E-state index >= 15 is 0 Å². The number of halogens is 1. The minimum absolute atomic E-state index is 0.333. The number of benzene rings is 4. The van der Waals surface area contributed by atoms with Crippen LogP contribution in [0.1, 0.15) is 21.5 Å². The smallest absolute Gasteiger partial charge is 0.267 e. The van der Waals surface area contributed by atoms with Gasteiger partial charge in [-0.1, -0.05) is 66.2 Å². The van der Waals surface area contributed by atoms with Gasteiger partial charge in [0, 0.05) is 5.56 Å². The first-order valence-electron chi connectivity index (χ1n) is 8.63. The molecule has 0 saturated carbocycles. The predicted molar refractivity (Wildman–Crippen MR) is 113 cm³/mol. The van der Waals surface area contributed by atoms with Gasteiger partial charge in [-0.2, -0.15) is 5.10 Å². The number of carbonyl (C=O) groups excluding carboxylic acids is 1. The molecule has 0 aliphatic heterocycles. The monoisotopic (exact) mass is 372 g/mol. The summed E-state index contributed by atoms with van der Waals surface area (Å²) < 4.78 is 0. The van der Waals surface area contributed by atoms with E-state index in [0.29, 0.717) is 10.6 Å². The summed E-state index contributed by atoms with van der Waals surface area (Å²) in [6.07, 6.45) is 1.70. The first kappa shape index (κ1) is 17.3. The van der Waals surface area contributed by atoms with Gasteiger partial charge in [-0.3, -0.25) is 4.79 Å². The summed E-state index contributed by atoms with van der Waals surface area (Å²) in [5, 5.41) is 9.05. The fourth-order valence-electron chi connectivity index (χ4n) is 3.21. The van der Waals surface area contributed by atoms with Crippen LogP contribution >= 0.6 is 11.6 Å². The molecule has 0 saturated heterocycles. The molecule has 0 fully saturated rings. The highest BCUT2D eigenvalue weighted by atomic mass is 35.5. The third-order valence-electron chi connectivity index (χ3n) is 4.54. The molecular weight excluding hydrogens is 356 g/mol. The zero-order chi connectivity index (χ0) is 18.8. The molecule has 0 bridgehead atoms. The van der Waals surface area contributed by atoms with E-state index in [0.717, 1.165) is 32.7 Å². The SMILES string of the molecule is Cc1ccc(C(=O)N/N=C/c2c3ccccc3cc3ccccc23)c(Cl)c1. The molecule has 0 atom stereocenters. The molecule has 4 heteroatoms. The van der Waals surface area contributed by atoms with Crippen LogP contribution in [-0.2, 0) is 0 Å². The summed E-state index contributed by atoms with van der Waals surface area (Å²) in [6.45, 7) is 1.93. The van der Waals surface area contributed by atoms with Gasteiger partial charge in [0.1, 0.15) is 0 Å². The Bertz CT molecular complexity index is 1140. The Kier molecular flexibility index (Phi) is 4.61. The largest absolute Gasteiger partial charge is 0.272 e. The Labute approximate surface area is 162 Å². The predicted octanol–water partition coefficient (Wildman–Crippen LogP) is 5.72. The summed E-state index contributed by atoms with van der Waals surface area (Å²) in [4.78, 5) is 12.4. The van der Waals surface area contributed by atoms with E-state index in [-0.39, 0.29) is 5.91 Å². The van der Waals surface area contributed by atoms with Crippen molar-refractivity contribution in [3.05, 3.63) is 94.5 Å². The third kappa shape index (κ3) is 3.42. The fraction of sp³-hybridized carbons (Fsp3) is 0.0435. The number of nitrogens with one attached hydrogen (secondary N) is 1. The van der Waals surface area contributed by atoms with E-state index in [1.54, 1.807) is 18.3 Å². The highest BCUT2D eigenvalue weighted by Gasteiger charge is 2.10. The summed E-state index contributed by atoms with van der Waals surface area (Å²) in [5.74, 6) is -0.333. The first-order valence-corrected chi connectivity index (χ1v) is 9.01. The van der Waals surface area contributed by atoms with Crippen LogP contribution in [0.5, 0.6) is 0 Å². The molecule has 132 valence electrons. The van der Waals surface area contributed by atoms with Crippen molar-refractivity contribution in [1.82, 2.24) is 5.43 Å². The van der Waals surface area contributed by atoms with Gasteiger partial charge in [0.25, 0.3) is 5.91 Å². The maximum Gasteiger partial charge on any atom is 0.272 e. The zero-order valence-corrected chi connectivity index (χ0v) is 15.5. The summed E-state index contributed by atoms with van der Waals surface area (Å²) in [7, 11) is 0. The Balaban J connectivity index is 1.70. The summed E-state index contributed by atoms with van der Waals surface area (Å²) in [5.41, 5.74) is 4.96. The van der Waals surface area contributed by atoms with Gasteiger partial charge in [0.05, 0.1) is 16.8 Å². The maximum atomic E-state index is 12.4. The number of carbonyl (C=O) groups is 1. The molecule has 4 aromatic carbocycles. The molecule has 1 amide bonds. The van der Waals surface area contributed by atoms with Gasteiger partial charge in [-0.05, 0) is 52.2 Å². The van der Waals surface area contributed by atoms with Crippen LogP contribution in [0, 0.1) is 6.92 Å². The normalized spacial score (nSPS) is 11.3. The second kappa shape index (κ2) is 7.22. The van der Waals surface area contributed by atoms with E-state index in [9.17, 15) is 4.79 Å². The molecular formula is C23H17ClN2O. The Morgan fingerprint density at radius 2 is 1.56 bits per heavy atom. The third-order valence-corrected chi connectivity index (χ3v) is 4.85. The van der Waals surface area contributed by atoms with Crippen LogP contribution in [0.3, 0.4) is 0 Å². The van der Waals surface area contributed by atoms with E-state index in [1.807, 2.05) is 37.3 Å². The lowest BCUT2D eigenvalue weighted by Gasteiger charge is -2.08. The molecule has 0 aliphatic carbocycles. The van der Waals surface area contributed by atoms with Crippen molar-refractivity contribution in [1.29, 1.82) is 0 Å². The molecule has 4 aromatic rings. The van der Waals surface area contributed by atoms with Gasteiger partial charge >= 0.3 is 0 Å². The minimum Gasteiger partial charge on any atom is -0.267 e. The van der Waals surface area contributed by atoms with Gasteiger partial charge in [0.2, 0.25) is 0 Å². The van der Waals surface area contributed by atoms with Gasteiger partial charge in [-0.25, -0.2) is 5.43 Å². The lowest BCUT2D eigenvalue weighted by atomic mass is 9.97. The average molecular weight is 373 g/mol. The fourth-order valence-corrected chi connectivity index (χ4v) is 3.53. The van der Waals surface area contributed by atoms with Crippen molar-refractivity contribution < 1.29 is 4.79 Å². The topological polar surface area (TPSA) is 41.5 Å². The number of hydrogen-bond donors (Lipinski definition) is 1. The molecule has 0 aromatic heterocycles. The molecule has 0 spiro atoms. The van der Waals surface area contributed by atoms with Crippen molar-refractivity contribution in [3.8, 4) is 0 Å². The van der Waals surface area contributed by atoms with Crippen LogP contribution in [0.2, 0.25) is 5.02 Å². The first-order chi connectivity index (χ1) is 13.1. The van der Waals surface area contributed by atoms with E-state index < -0.39 is 0 Å². The van der Waals surface area contributed by atoms with Crippen LogP contribution in [0.25, 0.3) is 21.5 Å². The van der Waals surface area contributed by atoms with Crippen molar-refractivity contribution in [2.24, 2.45) is 5.10 Å². The van der Waals surface area contributed by atoms with E-state index in [4.69, 9.17) is 11.6 Å². The van der Waals surface area contributed by atoms with E-state index in [1.165, 1.54) is 0 Å². The van der Waals surface area contributed by atoms with Gasteiger partial charge in [0.15, 0.2) is 0 Å². The van der Waals surface area contributed by atoms with Crippen molar-refractivity contribution in [2.75, 3.05) is 0 Å². The summed E-state index contributed by atoms with van der Waals surface area (Å²) in [6, 6.07) is 23.8. The highest BCUT2D eigenvalue weighted by molar-refractivity contribution is 6.33. The minimum atomic E-state index is -0.333. The van der Waals surface area contributed by atoms with Crippen molar-refractivity contribution in [2.45, 2.75) is 6.92 Å². The zero-order valence-electron chi connectivity index (χ0n) is 14.7. The maximum absolute atomic E-state index is 12.4. The standard InChI is InChI=1S/C23H17ClN2O/c1-15-10-11-20(22(24)12-15)23(27)26-25-14-21-18-8-4-2-6-16(18)13-17-7-3-5-9-19(17)21/h2-14H,1H3,(H,26,27)/b25-14+. The second-order valence-corrected chi connectivity index (χ2v) is 6.82.